The molecule has 1 heterocycles. The van der Waals surface area contributed by atoms with Crippen LogP contribution in [0.5, 0.6) is 5.75 Å². The third kappa shape index (κ3) is 2.23. The average molecular weight is 265 g/mol. The number of halogens is 1. The van der Waals surface area contributed by atoms with Crippen molar-refractivity contribution in [2.24, 2.45) is 0 Å². The van der Waals surface area contributed by atoms with Crippen LogP contribution in [0.15, 0.2) is 24.3 Å². The molecule has 96 valence electrons. The molecule has 1 aromatic heterocycles. The van der Waals surface area contributed by atoms with Gasteiger partial charge in [-0.05, 0) is 39.8 Å². The van der Waals surface area contributed by atoms with E-state index in [0.717, 1.165) is 11.3 Å². The van der Waals surface area contributed by atoms with Crippen LogP contribution in [0.2, 0.25) is 5.02 Å². The molecule has 0 spiro atoms. The Kier molecular flexibility index (Phi) is 3.11. The minimum Gasteiger partial charge on any atom is -0.504 e. The largest absolute Gasteiger partial charge is 0.504 e. The van der Waals surface area contributed by atoms with Crippen LogP contribution in [0.4, 0.5) is 0 Å². The fourth-order valence-electron chi connectivity index (χ4n) is 1.95. The van der Waals surface area contributed by atoms with Crippen LogP contribution in [-0.2, 0) is 5.54 Å². The average Bonchev–Trinajstić information content (AvgIpc) is 2.57. The van der Waals surface area contributed by atoms with E-state index in [2.05, 4.69) is 25.9 Å². The minimum absolute atomic E-state index is 0.160. The Morgan fingerprint density at radius 2 is 1.72 bits per heavy atom. The normalized spacial score (nSPS) is 11.8. The SMILES string of the molecule is Cc1c(O)c(-c2ccc(Cl)cc2)nn1C(C)(C)C. The first-order valence-corrected chi connectivity index (χ1v) is 6.23. The van der Waals surface area contributed by atoms with E-state index in [1.54, 1.807) is 12.1 Å². The minimum atomic E-state index is -0.160. The summed E-state index contributed by atoms with van der Waals surface area (Å²) < 4.78 is 1.84. The van der Waals surface area contributed by atoms with E-state index in [4.69, 9.17) is 11.6 Å². The van der Waals surface area contributed by atoms with Crippen molar-refractivity contribution in [2.75, 3.05) is 0 Å². The first-order valence-electron chi connectivity index (χ1n) is 5.85. The number of aromatic nitrogens is 2. The number of nitrogens with zero attached hydrogens (tertiary/aromatic N) is 2. The Hall–Kier alpha value is -1.48. The van der Waals surface area contributed by atoms with Crippen LogP contribution in [0, 0.1) is 6.92 Å². The van der Waals surface area contributed by atoms with E-state index in [1.807, 2.05) is 23.7 Å². The molecule has 0 atom stereocenters. The van der Waals surface area contributed by atoms with Crippen molar-refractivity contribution in [3.05, 3.63) is 35.0 Å². The highest BCUT2D eigenvalue weighted by molar-refractivity contribution is 6.30. The molecule has 4 heteroatoms. The van der Waals surface area contributed by atoms with Gasteiger partial charge in [-0.25, -0.2) is 0 Å². The van der Waals surface area contributed by atoms with Gasteiger partial charge in [-0.3, -0.25) is 4.68 Å². The van der Waals surface area contributed by atoms with Gasteiger partial charge in [-0.1, -0.05) is 23.7 Å². The van der Waals surface area contributed by atoms with E-state index >= 15 is 0 Å². The highest BCUT2D eigenvalue weighted by Crippen LogP contribution is 2.34. The summed E-state index contributed by atoms with van der Waals surface area (Å²) in [5, 5.41) is 15.4. The van der Waals surface area contributed by atoms with Crippen LogP contribution < -0.4 is 0 Å². The monoisotopic (exact) mass is 264 g/mol. The van der Waals surface area contributed by atoms with E-state index in [1.165, 1.54) is 0 Å². The molecule has 0 saturated carbocycles. The first kappa shape index (κ1) is 13.0. The molecule has 0 amide bonds. The smallest absolute Gasteiger partial charge is 0.164 e. The zero-order chi connectivity index (χ0) is 13.5. The Morgan fingerprint density at radius 3 is 2.17 bits per heavy atom. The van der Waals surface area contributed by atoms with Gasteiger partial charge in [0, 0.05) is 10.6 Å². The van der Waals surface area contributed by atoms with Crippen molar-refractivity contribution in [3.8, 4) is 17.0 Å². The quantitative estimate of drug-likeness (QED) is 0.846. The van der Waals surface area contributed by atoms with Gasteiger partial charge in [0.15, 0.2) is 5.75 Å². The molecule has 0 radical (unpaired) electrons. The third-order valence-corrected chi connectivity index (χ3v) is 3.09. The van der Waals surface area contributed by atoms with Gasteiger partial charge in [0.2, 0.25) is 0 Å². The summed E-state index contributed by atoms with van der Waals surface area (Å²) in [6.45, 7) is 8.03. The highest BCUT2D eigenvalue weighted by atomic mass is 35.5. The number of benzene rings is 1. The molecule has 18 heavy (non-hydrogen) atoms. The first-order chi connectivity index (χ1) is 8.30. The molecular weight excluding hydrogens is 248 g/mol. The van der Waals surface area contributed by atoms with Crippen molar-refractivity contribution < 1.29 is 5.11 Å². The van der Waals surface area contributed by atoms with E-state index in [-0.39, 0.29) is 11.3 Å². The fraction of sp³-hybridized carbons (Fsp3) is 0.357. The molecule has 0 bridgehead atoms. The molecule has 0 fully saturated rings. The molecule has 1 aromatic carbocycles. The van der Waals surface area contributed by atoms with Gasteiger partial charge in [0.25, 0.3) is 0 Å². The fourth-order valence-corrected chi connectivity index (χ4v) is 2.08. The van der Waals surface area contributed by atoms with Crippen LogP contribution in [-0.4, -0.2) is 14.9 Å². The number of hydrogen-bond donors (Lipinski definition) is 1. The van der Waals surface area contributed by atoms with Crippen LogP contribution in [0.25, 0.3) is 11.3 Å². The summed E-state index contributed by atoms with van der Waals surface area (Å²) in [6.07, 6.45) is 0. The summed E-state index contributed by atoms with van der Waals surface area (Å²) in [6, 6.07) is 7.30. The number of rotatable bonds is 1. The lowest BCUT2D eigenvalue weighted by atomic mass is 10.1. The Labute approximate surface area is 112 Å². The van der Waals surface area contributed by atoms with Crippen LogP contribution in [0.1, 0.15) is 26.5 Å². The van der Waals surface area contributed by atoms with Crippen molar-refractivity contribution in [2.45, 2.75) is 33.2 Å². The van der Waals surface area contributed by atoms with E-state index < -0.39 is 0 Å². The maximum absolute atomic E-state index is 10.2. The lowest BCUT2D eigenvalue weighted by molar-refractivity contribution is 0.345. The summed E-state index contributed by atoms with van der Waals surface area (Å²) in [7, 11) is 0. The summed E-state index contributed by atoms with van der Waals surface area (Å²) >= 11 is 5.86. The highest BCUT2D eigenvalue weighted by Gasteiger charge is 2.22. The van der Waals surface area contributed by atoms with Gasteiger partial charge in [-0.2, -0.15) is 5.10 Å². The molecule has 0 saturated heterocycles. The summed E-state index contributed by atoms with van der Waals surface area (Å²) in [5.74, 6) is 0.229. The van der Waals surface area contributed by atoms with Crippen LogP contribution in [0.3, 0.4) is 0 Å². The second-order valence-electron chi connectivity index (χ2n) is 5.37. The Bertz CT molecular complexity index is 565. The van der Waals surface area contributed by atoms with Crippen molar-refractivity contribution in [1.82, 2.24) is 9.78 Å². The molecule has 3 nitrogen and oxygen atoms in total. The predicted molar refractivity (Wildman–Crippen MR) is 74.1 cm³/mol. The zero-order valence-electron chi connectivity index (χ0n) is 11.0. The lowest BCUT2D eigenvalue weighted by Crippen LogP contribution is -2.24. The zero-order valence-corrected chi connectivity index (χ0v) is 11.8. The number of hydrogen-bond acceptors (Lipinski definition) is 2. The summed E-state index contributed by atoms with van der Waals surface area (Å²) in [4.78, 5) is 0. The third-order valence-electron chi connectivity index (χ3n) is 2.84. The Balaban J connectivity index is 2.56. The number of aromatic hydroxyl groups is 1. The maximum Gasteiger partial charge on any atom is 0.164 e. The van der Waals surface area contributed by atoms with Gasteiger partial charge >= 0.3 is 0 Å². The molecule has 0 unspecified atom stereocenters. The maximum atomic E-state index is 10.2. The second kappa shape index (κ2) is 4.32. The van der Waals surface area contributed by atoms with Crippen molar-refractivity contribution in [3.63, 3.8) is 0 Å². The standard InChI is InChI=1S/C14H17ClN2O/c1-9-13(18)12(16-17(9)14(2,3)4)10-5-7-11(15)8-6-10/h5-8,18H,1-4H3. The van der Waals surface area contributed by atoms with Gasteiger partial charge < -0.3 is 5.11 Å². The topological polar surface area (TPSA) is 38.1 Å². The Morgan fingerprint density at radius 1 is 1.17 bits per heavy atom. The van der Waals surface area contributed by atoms with Gasteiger partial charge in [0.1, 0.15) is 5.69 Å². The summed E-state index contributed by atoms with van der Waals surface area (Å²) in [5.41, 5.74) is 2.07. The molecule has 0 aliphatic rings. The molecular formula is C14H17ClN2O. The lowest BCUT2D eigenvalue weighted by Gasteiger charge is -2.20. The van der Waals surface area contributed by atoms with Crippen LogP contribution >= 0.6 is 11.6 Å². The van der Waals surface area contributed by atoms with Crippen molar-refractivity contribution >= 4 is 11.6 Å². The van der Waals surface area contributed by atoms with E-state index in [9.17, 15) is 5.11 Å². The van der Waals surface area contributed by atoms with Gasteiger partial charge in [0.05, 0.1) is 11.2 Å². The molecule has 0 aliphatic heterocycles. The molecule has 2 aromatic rings. The van der Waals surface area contributed by atoms with E-state index in [0.29, 0.717) is 10.7 Å². The van der Waals surface area contributed by atoms with Crippen molar-refractivity contribution in [1.29, 1.82) is 0 Å². The molecule has 1 N–H and O–H groups in total. The predicted octanol–water partition coefficient (Wildman–Crippen LogP) is 3.97. The second-order valence-corrected chi connectivity index (χ2v) is 5.81. The molecule has 0 aliphatic carbocycles. The van der Waals surface area contributed by atoms with Gasteiger partial charge in [-0.15, -0.1) is 0 Å². The molecule has 2 rings (SSSR count).